The molecule has 0 atom stereocenters. The second-order valence-electron chi connectivity index (χ2n) is 3.87. The second kappa shape index (κ2) is 4.18. The minimum Gasteiger partial charge on any atom is -0.355 e. The molecule has 0 aliphatic carbocycles. The van der Waals surface area contributed by atoms with Gasteiger partial charge in [0.15, 0.2) is 0 Å². The number of piperidine rings is 1. The molecule has 0 saturated carbocycles. The van der Waals surface area contributed by atoms with Gasteiger partial charge in [-0.25, -0.2) is 4.98 Å². The van der Waals surface area contributed by atoms with Crippen LogP contribution in [0, 0.1) is 6.92 Å². The van der Waals surface area contributed by atoms with Crippen LogP contribution in [0.2, 0.25) is 5.02 Å². The smallest absolute Gasteiger partial charge is 0.147 e. The fourth-order valence-electron chi connectivity index (χ4n) is 1.86. The maximum Gasteiger partial charge on any atom is 0.147 e. The molecule has 0 amide bonds. The van der Waals surface area contributed by atoms with E-state index >= 15 is 0 Å². The number of halogens is 1. The molecule has 0 unspecified atom stereocenters. The summed E-state index contributed by atoms with van der Waals surface area (Å²) in [6.45, 7) is 4.20. The van der Waals surface area contributed by atoms with E-state index in [9.17, 15) is 0 Å². The quantitative estimate of drug-likeness (QED) is 0.709. The monoisotopic (exact) mass is 210 g/mol. The summed E-state index contributed by atoms with van der Waals surface area (Å²) in [5, 5.41) is 0.784. The fourth-order valence-corrected chi connectivity index (χ4v) is 2.21. The van der Waals surface area contributed by atoms with Crippen molar-refractivity contribution in [2.75, 3.05) is 18.0 Å². The van der Waals surface area contributed by atoms with Gasteiger partial charge in [-0.1, -0.05) is 11.6 Å². The minimum atomic E-state index is 0.784. The molecule has 1 aliphatic heterocycles. The Morgan fingerprint density at radius 2 is 2.00 bits per heavy atom. The van der Waals surface area contributed by atoms with Gasteiger partial charge in [0.1, 0.15) is 5.82 Å². The van der Waals surface area contributed by atoms with E-state index in [1.165, 1.54) is 19.3 Å². The van der Waals surface area contributed by atoms with Gasteiger partial charge < -0.3 is 4.90 Å². The molecule has 1 aromatic rings. The Balaban J connectivity index is 2.22. The van der Waals surface area contributed by atoms with Crippen molar-refractivity contribution >= 4 is 17.4 Å². The summed E-state index contributed by atoms with van der Waals surface area (Å²) >= 11 is 6.16. The van der Waals surface area contributed by atoms with Gasteiger partial charge in [0.05, 0.1) is 5.02 Å². The van der Waals surface area contributed by atoms with Crippen molar-refractivity contribution in [2.24, 2.45) is 0 Å². The number of hydrogen-bond acceptors (Lipinski definition) is 2. The molecule has 1 aliphatic rings. The minimum absolute atomic E-state index is 0.784. The van der Waals surface area contributed by atoms with Crippen LogP contribution in [-0.4, -0.2) is 18.1 Å². The van der Waals surface area contributed by atoms with Crippen molar-refractivity contribution in [3.05, 3.63) is 22.8 Å². The first kappa shape index (κ1) is 9.78. The lowest BCUT2D eigenvalue weighted by molar-refractivity contribution is 0.573. The predicted octanol–water partition coefficient (Wildman–Crippen LogP) is 3.03. The van der Waals surface area contributed by atoms with Crippen LogP contribution < -0.4 is 4.90 Å². The third-order valence-corrected chi connectivity index (χ3v) is 2.89. The van der Waals surface area contributed by atoms with Gasteiger partial charge >= 0.3 is 0 Å². The Labute approximate surface area is 89.9 Å². The second-order valence-corrected chi connectivity index (χ2v) is 4.27. The summed E-state index contributed by atoms with van der Waals surface area (Å²) in [7, 11) is 0. The number of nitrogens with zero attached hydrogens (tertiary/aromatic N) is 2. The Bertz CT molecular complexity index is 319. The van der Waals surface area contributed by atoms with E-state index in [1.54, 1.807) is 0 Å². The highest BCUT2D eigenvalue weighted by molar-refractivity contribution is 6.33. The van der Waals surface area contributed by atoms with Gasteiger partial charge in [0, 0.05) is 19.3 Å². The first-order valence-electron chi connectivity index (χ1n) is 5.14. The van der Waals surface area contributed by atoms with Gasteiger partial charge in [-0.15, -0.1) is 0 Å². The van der Waals surface area contributed by atoms with Crippen LogP contribution in [0.5, 0.6) is 0 Å². The standard InChI is InChI=1S/C11H15ClN2/c1-9-7-10(12)11(13-8-9)14-5-3-2-4-6-14/h7-8H,2-6H2,1H3. The molecule has 14 heavy (non-hydrogen) atoms. The van der Waals surface area contributed by atoms with E-state index in [0.717, 1.165) is 29.5 Å². The Kier molecular flexibility index (Phi) is 2.92. The summed E-state index contributed by atoms with van der Waals surface area (Å²) in [5.41, 5.74) is 1.12. The van der Waals surface area contributed by atoms with Crippen molar-refractivity contribution < 1.29 is 0 Å². The van der Waals surface area contributed by atoms with Crippen LogP contribution in [0.15, 0.2) is 12.3 Å². The van der Waals surface area contributed by atoms with Crippen LogP contribution in [-0.2, 0) is 0 Å². The first-order chi connectivity index (χ1) is 6.77. The fraction of sp³-hybridized carbons (Fsp3) is 0.545. The highest BCUT2D eigenvalue weighted by Crippen LogP contribution is 2.26. The van der Waals surface area contributed by atoms with E-state index in [0.29, 0.717) is 0 Å². The molecule has 1 fully saturated rings. The summed E-state index contributed by atoms with van der Waals surface area (Å²) < 4.78 is 0. The van der Waals surface area contributed by atoms with Gasteiger partial charge in [0.2, 0.25) is 0 Å². The normalized spacial score (nSPS) is 17.1. The highest BCUT2D eigenvalue weighted by atomic mass is 35.5. The van der Waals surface area contributed by atoms with Gasteiger partial charge in [-0.2, -0.15) is 0 Å². The lowest BCUT2D eigenvalue weighted by Gasteiger charge is -2.28. The maximum absolute atomic E-state index is 6.16. The van der Waals surface area contributed by atoms with Crippen molar-refractivity contribution in [3.8, 4) is 0 Å². The van der Waals surface area contributed by atoms with E-state index in [1.807, 2.05) is 19.2 Å². The molecule has 76 valence electrons. The lowest BCUT2D eigenvalue weighted by Crippen LogP contribution is -2.30. The average Bonchev–Trinajstić information content (AvgIpc) is 2.19. The molecular formula is C11H15ClN2. The number of rotatable bonds is 1. The molecule has 1 aromatic heterocycles. The molecule has 2 heterocycles. The van der Waals surface area contributed by atoms with Crippen LogP contribution in [0.4, 0.5) is 5.82 Å². The number of hydrogen-bond donors (Lipinski definition) is 0. The summed E-state index contributed by atoms with van der Waals surface area (Å²) in [4.78, 5) is 6.68. The number of aryl methyl sites for hydroxylation is 1. The Hall–Kier alpha value is -0.760. The SMILES string of the molecule is Cc1cnc(N2CCCCC2)c(Cl)c1. The van der Waals surface area contributed by atoms with Gasteiger partial charge in [0.25, 0.3) is 0 Å². The number of aromatic nitrogens is 1. The third-order valence-electron chi connectivity index (χ3n) is 2.61. The summed E-state index contributed by atoms with van der Waals surface area (Å²) in [6, 6.07) is 1.98. The first-order valence-corrected chi connectivity index (χ1v) is 5.52. The molecule has 1 saturated heterocycles. The number of pyridine rings is 1. The topological polar surface area (TPSA) is 16.1 Å². The van der Waals surface area contributed by atoms with E-state index in [2.05, 4.69) is 9.88 Å². The summed E-state index contributed by atoms with van der Waals surface area (Å²) in [6.07, 6.45) is 5.73. The molecular weight excluding hydrogens is 196 g/mol. The van der Waals surface area contributed by atoms with E-state index in [4.69, 9.17) is 11.6 Å². The Morgan fingerprint density at radius 1 is 1.29 bits per heavy atom. The predicted molar refractivity (Wildman–Crippen MR) is 60.0 cm³/mol. The van der Waals surface area contributed by atoms with Crippen LogP contribution in [0.1, 0.15) is 24.8 Å². The van der Waals surface area contributed by atoms with Crippen molar-refractivity contribution in [1.82, 2.24) is 4.98 Å². The Morgan fingerprint density at radius 3 is 2.64 bits per heavy atom. The molecule has 0 spiro atoms. The lowest BCUT2D eigenvalue weighted by atomic mass is 10.1. The third kappa shape index (κ3) is 2.01. The molecule has 2 rings (SSSR count). The van der Waals surface area contributed by atoms with Crippen LogP contribution in [0.3, 0.4) is 0 Å². The van der Waals surface area contributed by atoms with Gasteiger partial charge in [-0.05, 0) is 37.8 Å². The molecule has 0 radical (unpaired) electrons. The summed E-state index contributed by atoms with van der Waals surface area (Å²) in [5.74, 6) is 0.956. The van der Waals surface area contributed by atoms with Crippen LogP contribution in [0.25, 0.3) is 0 Å². The molecule has 0 bridgehead atoms. The van der Waals surface area contributed by atoms with E-state index < -0.39 is 0 Å². The number of anilines is 1. The average molecular weight is 211 g/mol. The molecule has 2 nitrogen and oxygen atoms in total. The zero-order valence-corrected chi connectivity index (χ0v) is 9.22. The largest absolute Gasteiger partial charge is 0.355 e. The van der Waals surface area contributed by atoms with Crippen LogP contribution >= 0.6 is 11.6 Å². The highest BCUT2D eigenvalue weighted by Gasteiger charge is 2.14. The molecule has 0 N–H and O–H groups in total. The maximum atomic E-state index is 6.16. The van der Waals surface area contributed by atoms with Crippen molar-refractivity contribution in [3.63, 3.8) is 0 Å². The zero-order chi connectivity index (χ0) is 9.97. The van der Waals surface area contributed by atoms with Gasteiger partial charge in [-0.3, -0.25) is 0 Å². The molecule has 0 aromatic carbocycles. The molecule has 3 heteroatoms. The van der Waals surface area contributed by atoms with Crippen molar-refractivity contribution in [1.29, 1.82) is 0 Å². The zero-order valence-electron chi connectivity index (χ0n) is 8.46. The van der Waals surface area contributed by atoms with E-state index in [-0.39, 0.29) is 0 Å². The van der Waals surface area contributed by atoms with Crippen molar-refractivity contribution in [2.45, 2.75) is 26.2 Å².